The molecule has 0 saturated carbocycles. The number of urea groups is 1. The average Bonchev–Trinajstić information content (AvgIpc) is 2.61. The van der Waals surface area contributed by atoms with Crippen molar-refractivity contribution in [3.05, 3.63) is 65.5 Å². The molecule has 0 heterocycles. The highest BCUT2D eigenvalue weighted by Gasteiger charge is 2.13. The van der Waals surface area contributed by atoms with E-state index in [2.05, 4.69) is 10.6 Å². The maximum absolute atomic E-state index is 13.4. The molecule has 0 aliphatic heterocycles. The number of halogens is 1. The van der Waals surface area contributed by atoms with Crippen LogP contribution in [0.15, 0.2) is 48.5 Å². The Balaban J connectivity index is 1.81. The topological polar surface area (TPSA) is 70.6 Å². The van der Waals surface area contributed by atoms with Crippen molar-refractivity contribution in [2.75, 3.05) is 13.7 Å². The molecule has 2 rings (SSSR count). The van der Waals surface area contributed by atoms with Crippen LogP contribution in [0.25, 0.3) is 0 Å². The fraction of sp³-hybridized carbons (Fsp3) is 0.316. The minimum absolute atomic E-state index is 0.129. The second-order valence-corrected chi connectivity index (χ2v) is 5.81. The summed E-state index contributed by atoms with van der Waals surface area (Å²) < 4.78 is 18.4. The molecule has 134 valence electrons. The molecule has 0 aliphatic carbocycles. The standard InChI is InChI=1S/C19H23FN2O3/c1-13(15-8-9-17(20)18(11-15)25-2)22-19(24)21-12-16(23)10-14-6-4-3-5-7-14/h3-9,11,13,16,23H,10,12H2,1-2H3,(H2,21,22,24). The summed E-state index contributed by atoms with van der Waals surface area (Å²) in [6.45, 7) is 1.92. The van der Waals surface area contributed by atoms with Crippen LogP contribution in [0.5, 0.6) is 5.75 Å². The first-order valence-corrected chi connectivity index (χ1v) is 8.09. The summed E-state index contributed by atoms with van der Waals surface area (Å²) in [5.41, 5.74) is 1.72. The van der Waals surface area contributed by atoms with Gasteiger partial charge < -0.3 is 20.5 Å². The molecular weight excluding hydrogens is 323 g/mol. The van der Waals surface area contributed by atoms with Crippen molar-refractivity contribution >= 4 is 6.03 Å². The smallest absolute Gasteiger partial charge is 0.315 e. The number of carbonyl (C=O) groups excluding carboxylic acids is 1. The van der Waals surface area contributed by atoms with E-state index in [4.69, 9.17) is 4.74 Å². The molecule has 2 aromatic rings. The summed E-state index contributed by atoms with van der Waals surface area (Å²) in [5, 5.41) is 15.4. The molecule has 0 spiro atoms. The van der Waals surface area contributed by atoms with E-state index < -0.39 is 18.0 Å². The van der Waals surface area contributed by atoms with E-state index in [0.29, 0.717) is 6.42 Å². The van der Waals surface area contributed by atoms with Gasteiger partial charge in [0.05, 0.1) is 19.3 Å². The van der Waals surface area contributed by atoms with Gasteiger partial charge >= 0.3 is 6.03 Å². The fourth-order valence-corrected chi connectivity index (χ4v) is 2.45. The van der Waals surface area contributed by atoms with E-state index in [1.807, 2.05) is 30.3 Å². The van der Waals surface area contributed by atoms with Crippen LogP contribution in [0.2, 0.25) is 0 Å². The highest BCUT2D eigenvalue weighted by atomic mass is 19.1. The third kappa shape index (κ3) is 5.76. The van der Waals surface area contributed by atoms with Crippen LogP contribution < -0.4 is 15.4 Å². The third-order valence-electron chi connectivity index (χ3n) is 3.84. The summed E-state index contributed by atoms with van der Waals surface area (Å²) >= 11 is 0. The first-order chi connectivity index (χ1) is 12.0. The third-order valence-corrected chi connectivity index (χ3v) is 3.84. The van der Waals surface area contributed by atoms with Gasteiger partial charge in [-0.3, -0.25) is 0 Å². The van der Waals surface area contributed by atoms with Gasteiger partial charge in [0.2, 0.25) is 0 Å². The summed E-state index contributed by atoms with van der Waals surface area (Å²) in [5.74, 6) is -0.322. The van der Waals surface area contributed by atoms with E-state index in [1.165, 1.54) is 13.2 Å². The van der Waals surface area contributed by atoms with Crippen molar-refractivity contribution in [2.24, 2.45) is 0 Å². The van der Waals surface area contributed by atoms with E-state index in [9.17, 15) is 14.3 Å². The maximum atomic E-state index is 13.4. The number of hydrogen-bond donors (Lipinski definition) is 3. The molecule has 0 aliphatic rings. The summed E-state index contributed by atoms with van der Waals surface area (Å²) in [6.07, 6.45) is -0.208. The Morgan fingerprint density at radius 2 is 1.96 bits per heavy atom. The number of carbonyl (C=O) groups is 1. The predicted molar refractivity (Wildman–Crippen MR) is 94.1 cm³/mol. The molecule has 0 saturated heterocycles. The Morgan fingerprint density at radius 1 is 1.24 bits per heavy atom. The summed E-state index contributed by atoms with van der Waals surface area (Å²) in [4.78, 5) is 12.0. The van der Waals surface area contributed by atoms with Crippen molar-refractivity contribution in [1.29, 1.82) is 0 Å². The molecule has 0 fully saturated rings. The van der Waals surface area contributed by atoms with Crippen molar-refractivity contribution < 1.29 is 19.0 Å². The van der Waals surface area contributed by atoms with Gasteiger partial charge in [0.1, 0.15) is 0 Å². The van der Waals surface area contributed by atoms with Crippen molar-refractivity contribution in [3.8, 4) is 5.75 Å². The zero-order chi connectivity index (χ0) is 18.2. The molecular formula is C19H23FN2O3. The number of methoxy groups -OCH3 is 1. The highest BCUT2D eigenvalue weighted by molar-refractivity contribution is 5.74. The van der Waals surface area contributed by atoms with Crippen LogP contribution >= 0.6 is 0 Å². The Labute approximate surface area is 146 Å². The zero-order valence-electron chi connectivity index (χ0n) is 14.3. The lowest BCUT2D eigenvalue weighted by Crippen LogP contribution is -2.41. The monoisotopic (exact) mass is 346 g/mol. The normalized spacial score (nSPS) is 13.0. The zero-order valence-corrected chi connectivity index (χ0v) is 14.3. The molecule has 5 nitrogen and oxygen atoms in total. The number of aliphatic hydroxyl groups is 1. The van der Waals surface area contributed by atoms with Crippen LogP contribution in [0, 0.1) is 5.82 Å². The van der Waals surface area contributed by atoms with Gasteiger partial charge in [-0.2, -0.15) is 0 Å². The Kier molecular flexibility index (Phi) is 6.77. The van der Waals surface area contributed by atoms with Crippen molar-refractivity contribution in [2.45, 2.75) is 25.5 Å². The highest BCUT2D eigenvalue weighted by Crippen LogP contribution is 2.22. The number of amides is 2. The van der Waals surface area contributed by atoms with Gasteiger partial charge in [-0.1, -0.05) is 36.4 Å². The molecule has 3 N–H and O–H groups in total. The van der Waals surface area contributed by atoms with E-state index in [-0.39, 0.29) is 18.3 Å². The quantitative estimate of drug-likeness (QED) is 0.722. The van der Waals surface area contributed by atoms with Gasteiger partial charge in [-0.15, -0.1) is 0 Å². The molecule has 2 amide bonds. The lowest BCUT2D eigenvalue weighted by Gasteiger charge is -2.17. The summed E-state index contributed by atoms with van der Waals surface area (Å²) in [6, 6.07) is 13.3. The predicted octanol–water partition coefficient (Wildman–Crippen LogP) is 2.80. The molecule has 2 aromatic carbocycles. The minimum Gasteiger partial charge on any atom is -0.494 e. The molecule has 2 unspecified atom stereocenters. The summed E-state index contributed by atoms with van der Waals surface area (Å²) in [7, 11) is 1.39. The van der Waals surface area contributed by atoms with Crippen molar-refractivity contribution in [3.63, 3.8) is 0 Å². The van der Waals surface area contributed by atoms with Crippen molar-refractivity contribution in [1.82, 2.24) is 10.6 Å². The Hall–Kier alpha value is -2.60. The Bertz CT molecular complexity index is 694. The van der Waals surface area contributed by atoms with Crippen LogP contribution in [0.4, 0.5) is 9.18 Å². The number of aliphatic hydroxyl groups excluding tert-OH is 1. The molecule has 0 bridgehead atoms. The number of hydrogen-bond acceptors (Lipinski definition) is 3. The molecule has 0 aromatic heterocycles. The van der Waals surface area contributed by atoms with Gasteiger partial charge in [-0.05, 0) is 30.2 Å². The number of benzene rings is 2. The second kappa shape index (κ2) is 9.03. The van der Waals surface area contributed by atoms with Gasteiger partial charge in [0.15, 0.2) is 11.6 Å². The molecule has 2 atom stereocenters. The molecule has 6 heteroatoms. The van der Waals surface area contributed by atoms with Crippen LogP contribution in [-0.2, 0) is 6.42 Å². The number of ether oxygens (including phenoxy) is 1. The van der Waals surface area contributed by atoms with Crippen LogP contribution in [0.3, 0.4) is 0 Å². The first kappa shape index (κ1) is 18.7. The second-order valence-electron chi connectivity index (χ2n) is 5.81. The fourth-order valence-electron chi connectivity index (χ4n) is 2.45. The van der Waals surface area contributed by atoms with Gasteiger partial charge in [-0.25, -0.2) is 9.18 Å². The largest absolute Gasteiger partial charge is 0.494 e. The van der Waals surface area contributed by atoms with E-state index in [0.717, 1.165) is 11.1 Å². The Morgan fingerprint density at radius 3 is 2.64 bits per heavy atom. The number of rotatable bonds is 7. The lowest BCUT2D eigenvalue weighted by atomic mass is 10.1. The molecule has 25 heavy (non-hydrogen) atoms. The van der Waals surface area contributed by atoms with E-state index in [1.54, 1.807) is 19.1 Å². The molecule has 0 radical (unpaired) electrons. The SMILES string of the molecule is COc1cc(C(C)NC(=O)NCC(O)Cc2ccccc2)ccc1F. The lowest BCUT2D eigenvalue weighted by molar-refractivity contribution is 0.170. The van der Waals surface area contributed by atoms with Crippen LogP contribution in [0.1, 0.15) is 24.1 Å². The average molecular weight is 346 g/mol. The van der Waals surface area contributed by atoms with Gasteiger partial charge in [0, 0.05) is 13.0 Å². The maximum Gasteiger partial charge on any atom is 0.315 e. The van der Waals surface area contributed by atoms with Gasteiger partial charge in [0.25, 0.3) is 0 Å². The van der Waals surface area contributed by atoms with Crippen LogP contribution in [-0.4, -0.2) is 30.9 Å². The minimum atomic E-state index is -0.672. The first-order valence-electron chi connectivity index (χ1n) is 8.09. The number of nitrogens with one attached hydrogen (secondary N) is 2. The van der Waals surface area contributed by atoms with E-state index >= 15 is 0 Å².